The van der Waals surface area contributed by atoms with Gasteiger partial charge in [0.2, 0.25) is 0 Å². The Hall–Kier alpha value is -1.25. The molecule has 4 bridgehead atoms. The second-order valence-corrected chi connectivity index (χ2v) is 11.0. The van der Waals surface area contributed by atoms with Gasteiger partial charge in [-0.05, 0) is 77.6 Å². The smallest absolute Gasteiger partial charge is 0.298 e. The maximum atomic E-state index is 12.1. The zero-order chi connectivity index (χ0) is 22.7. The van der Waals surface area contributed by atoms with Crippen molar-refractivity contribution < 1.29 is 9.21 Å². The summed E-state index contributed by atoms with van der Waals surface area (Å²) in [7, 11) is 4.63. The molecular weight excluding hydrogens is 521 g/mol. The molecule has 0 saturated carbocycles. The predicted molar refractivity (Wildman–Crippen MR) is 151 cm³/mol. The molecular formula is C26H40Cl3N5O2. The molecule has 7 nitrogen and oxygen atoms in total. The molecule has 4 aliphatic heterocycles. The molecule has 4 aliphatic rings. The molecule has 1 amide bonds. The van der Waals surface area contributed by atoms with E-state index in [-0.39, 0.29) is 37.2 Å². The summed E-state index contributed by atoms with van der Waals surface area (Å²) < 4.78 is 6.41. The van der Waals surface area contributed by atoms with Crippen molar-refractivity contribution in [1.82, 2.24) is 14.8 Å². The largest absolute Gasteiger partial charge is 0.423 e. The third kappa shape index (κ3) is 5.06. The van der Waals surface area contributed by atoms with Crippen molar-refractivity contribution in [1.29, 1.82) is 0 Å². The van der Waals surface area contributed by atoms with E-state index in [4.69, 9.17) is 15.1 Å². The van der Waals surface area contributed by atoms with Crippen LogP contribution in [0, 0.1) is 0 Å². The lowest BCUT2D eigenvalue weighted by molar-refractivity contribution is 0.0329. The number of nitrogens with two attached hydrogens (primary N) is 1. The number of carbonyl (C=O) groups is 1. The van der Waals surface area contributed by atoms with Crippen molar-refractivity contribution in [2.45, 2.75) is 100 Å². The highest BCUT2D eigenvalue weighted by Gasteiger charge is 2.45. The maximum absolute atomic E-state index is 12.1. The van der Waals surface area contributed by atoms with E-state index in [1.807, 2.05) is 12.1 Å². The van der Waals surface area contributed by atoms with Gasteiger partial charge in [-0.15, -0.1) is 37.2 Å². The van der Waals surface area contributed by atoms with Crippen molar-refractivity contribution >= 4 is 60.2 Å². The summed E-state index contributed by atoms with van der Waals surface area (Å²) in [5, 5.41) is 0. The zero-order valence-corrected chi connectivity index (χ0v) is 23.6. The van der Waals surface area contributed by atoms with Crippen LogP contribution in [-0.2, 0) is 0 Å². The lowest BCUT2D eigenvalue weighted by atomic mass is 9.78. The third-order valence-corrected chi connectivity index (χ3v) is 9.31. The Balaban J connectivity index is 0.00000120. The molecule has 202 valence electrons. The highest BCUT2D eigenvalue weighted by molar-refractivity contribution is 6.03. The van der Waals surface area contributed by atoms with Crippen molar-refractivity contribution in [2.75, 3.05) is 19.0 Å². The van der Waals surface area contributed by atoms with Crippen LogP contribution in [-0.4, -0.2) is 71.0 Å². The van der Waals surface area contributed by atoms with Gasteiger partial charge in [0, 0.05) is 36.3 Å². The van der Waals surface area contributed by atoms with Crippen LogP contribution in [0.5, 0.6) is 0 Å². The highest BCUT2D eigenvalue weighted by Crippen LogP contribution is 2.42. The Labute approximate surface area is 232 Å². The average Bonchev–Trinajstić information content (AvgIpc) is 3.18. The van der Waals surface area contributed by atoms with Crippen molar-refractivity contribution in [3.63, 3.8) is 0 Å². The molecule has 4 atom stereocenters. The van der Waals surface area contributed by atoms with Gasteiger partial charge < -0.3 is 24.9 Å². The Morgan fingerprint density at radius 3 is 1.81 bits per heavy atom. The van der Waals surface area contributed by atoms with E-state index in [0.29, 0.717) is 58.9 Å². The van der Waals surface area contributed by atoms with Crippen LogP contribution in [0.1, 0.15) is 74.6 Å². The summed E-state index contributed by atoms with van der Waals surface area (Å²) >= 11 is 0. The molecule has 10 heteroatoms. The minimum atomic E-state index is -0.449. The first-order chi connectivity index (χ1) is 16.0. The number of aromatic nitrogens is 1. The van der Waals surface area contributed by atoms with Gasteiger partial charge >= 0.3 is 0 Å². The van der Waals surface area contributed by atoms with Crippen LogP contribution in [0.15, 0.2) is 22.6 Å². The van der Waals surface area contributed by atoms with Crippen molar-refractivity contribution in [2.24, 2.45) is 5.73 Å². The number of anilines is 1. The Morgan fingerprint density at radius 1 is 0.889 bits per heavy atom. The first kappa shape index (κ1) is 29.3. The second kappa shape index (κ2) is 11.6. The van der Waals surface area contributed by atoms with Crippen LogP contribution in [0.25, 0.3) is 11.1 Å². The molecule has 0 radical (unpaired) electrons. The number of rotatable bonds is 4. The van der Waals surface area contributed by atoms with E-state index >= 15 is 0 Å². The Bertz CT molecular complexity index is 988. The van der Waals surface area contributed by atoms with Gasteiger partial charge in [-0.3, -0.25) is 4.79 Å². The van der Waals surface area contributed by atoms with Crippen LogP contribution >= 0.6 is 37.2 Å². The topological polar surface area (TPSA) is 78.8 Å². The second-order valence-electron chi connectivity index (χ2n) is 11.0. The first-order valence-corrected chi connectivity index (χ1v) is 12.9. The number of hydrogen-bond acceptors (Lipinski definition) is 6. The lowest BCUT2D eigenvalue weighted by Gasteiger charge is -2.54. The van der Waals surface area contributed by atoms with Crippen molar-refractivity contribution in [3.05, 3.63) is 23.8 Å². The number of fused-ring (bicyclic) bond motifs is 5. The number of piperidine rings is 4. The zero-order valence-electron chi connectivity index (χ0n) is 21.2. The summed E-state index contributed by atoms with van der Waals surface area (Å²) in [4.78, 5) is 24.8. The summed E-state index contributed by atoms with van der Waals surface area (Å²) in [6, 6.07) is 9.60. The number of oxazole rings is 1. The molecule has 2 aromatic rings. The first-order valence-electron chi connectivity index (χ1n) is 12.9. The minimum absolute atomic E-state index is 0. The quantitative estimate of drug-likeness (QED) is 0.565. The van der Waals surface area contributed by atoms with Crippen LogP contribution in [0.4, 0.5) is 6.01 Å². The molecule has 5 heterocycles. The maximum Gasteiger partial charge on any atom is 0.298 e. The number of halogens is 3. The molecule has 0 spiro atoms. The van der Waals surface area contributed by atoms with Crippen LogP contribution in [0.2, 0.25) is 0 Å². The normalized spacial score (nSPS) is 32.1. The molecule has 1 aromatic carbocycles. The van der Waals surface area contributed by atoms with Gasteiger partial charge in [-0.1, -0.05) is 18.9 Å². The van der Waals surface area contributed by atoms with E-state index in [1.54, 1.807) is 6.07 Å². The molecule has 36 heavy (non-hydrogen) atoms. The van der Waals surface area contributed by atoms with Gasteiger partial charge in [0.05, 0.1) is 5.56 Å². The van der Waals surface area contributed by atoms with E-state index in [2.05, 4.69) is 28.8 Å². The molecule has 6 rings (SSSR count). The fraction of sp³-hybridized carbons (Fsp3) is 0.692. The average molecular weight is 561 g/mol. The van der Waals surface area contributed by atoms with Gasteiger partial charge in [0.15, 0.2) is 5.58 Å². The van der Waals surface area contributed by atoms with E-state index in [1.165, 1.54) is 38.5 Å². The number of hydrogen-bond donors (Lipinski definition) is 1. The fourth-order valence-electron chi connectivity index (χ4n) is 7.49. The molecule has 4 fully saturated rings. The molecule has 2 N–H and O–H groups in total. The molecule has 4 saturated heterocycles. The monoisotopic (exact) mass is 559 g/mol. The summed E-state index contributed by atoms with van der Waals surface area (Å²) in [5.41, 5.74) is 7.37. The Morgan fingerprint density at radius 2 is 1.36 bits per heavy atom. The van der Waals surface area contributed by atoms with Crippen molar-refractivity contribution in [3.8, 4) is 0 Å². The number of primary amides is 1. The van der Waals surface area contributed by atoms with Gasteiger partial charge in [-0.25, -0.2) is 0 Å². The summed E-state index contributed by atoms with van der Waals surface area (Å²) in [5.74, 6) is -0.449. The van der Waals surface area contributed by atoms with E-state index < -0.39 is 5.91 Å². The van der Waals surface area contributed by atoms with Gasteiger partial charge in [0.1, 0.15) is 5.52 Å². The van der Waals surface area contributed by atoms with Crippen LogP contribution in [0.3, 0.4) is 0 Å². The van der Waals surface area contributed by atoms with Crippen LogP contribution < -0.4 is 10.6 Å². The number of amides is 1. The number of para-hydroxylation sites is 1. The predicted octanol–water partition coefficient (Wildman–Crippen LogP) is 5.03. The Kier molecular flexibility index (Phi) is 9.48. The number of nitrogens with zero attached hydrogens (tertiary/aromatic N) is 4. The van der Waals surface area contributed by atoms with E-state index in [0.717, 1.165) is 25.7 Å². The molecule has 1 aromatic heterocycles. The van der Waals surface area contributed by atoms with E-state index in [9.17, 15) is 4.79 Å². The number of benzene rings is 1. The fourth-order valence-corrected chi connectivity index (χ4v) is 7.49. The highest BCUT2D eigenvalue weighted by atomic mass is 35.5. The summed E-state index contributed by atoms with van der Waals surface area (Å²) in [6.07, 6.45) is 12.5. The van der Waals surface area contributed by atoms with Gasteiger partial charge in [0.25, 0.3) is 11.9 Å². The standard InChI is InChI=1S/C26H37N5O2.3ClH/c1-29-16-6-3-7-17(29)13-20(12-16)31(21-14-18-8-4-9-19(15-21)30(18)2)26-28-24-22(25(27)32)10-5-11-23(24)33-26;;;/h5,10-11,16-21H,3-4,6-9,12-15H2,1-2H3,(H2,27,32);3*1H. The SMILES string of the molecule is CN1C2CCCC1CC(N(c1nc3c(C(N)=O)cccc3o1)C1CC3CCCC(C1)N3C)C2.Cl.Cl.Cl. The lowest BCUT2D eigenvalue weighted by Crippen LogP contribution is -2.61. The number of carbonyl (C=O) groups excluding carboxylic acids is 1. The molecule has 4 unspecified atom stereocenters. The van der Waals surface area contributed by atoms with Gasteiger partial charge in [-0.2, -0.15) is 4.98 Å². The molecule has 0 aliphatic carbocycles. The third-order valence-electron chi connectivity index (χ3n) is 9.31. The minimum Gasteiger partial charge on any atom is -0.423 e. The summed E-state index contributed by atoms with van der Waals surface area (Å²) in [6.45, 7) is 0.